The van der Waals surface area contributed by atoms with E-state index >= 15 is 0 Å². The molecule has 156 valence electrons. The van der Waals surface area contributed by atoms with Gasteiger partial charge in [0.2, 0.25) is 5.91 Å². The van der Waals surface area contributed by atoms with Crippen LogP contribution in [0.3, 0.4) is 0 Å². The lowest BCUT2D eigenvalue weighted by atomic mass is 10.1. The molecular weight excluding hydrogens is 368 g/mol. The van der Waals surface area contributed by atoms with Crippen LogP contribution in [0.1, 0.15) is 31.9 Å². The highest BCUT2D eigenvalue weighted by Crippen LogP contribution is 2.26. The molecule has 0 saturated heterocycles. The number of carbonyl (C=O) groups excluding carboxylic acids is 2. The molecule has 1 N–H and O–H groups in total. The molecule has 0 heterocycles. The van der Waals surface area contributed by atoms with Crippen molar-refractivity contribution in [3.05, 3.63) is 59.7 Å². The summed E-state index contributed by atoms with van der Waals surface area (Å²) in [5.41, 5.74) is 2.05. The molecule has 0 bridgehead atoms. The number of hydrogen-bond acceptors (Lipinski definition) is 4. The number of para-hydroxylation sites is 2. The number of methoxy groups -OCH3 is 1. The molecule has 2 aromatic carbocycles. The van der Waals surface area contributed by atoms with Gasteiger partial charge in [0.05, 0.1) is 7.11 Å². The zero-order valence-corrected chi connectivity index (χ0v) is 17.8. The molecule has 0 radical (unpaired) electrons. The van der Waals surface area contributed by atoms with Crippen molar-refractivity contribution < 1.29 is 19.1 Å². The lowest BCUT2D eigenvalue weighted by molar-refractivity contribution is -0.142. The SMILES string of the molecule is COc1ccccc1OCC(=O)N(Cc1ccccc1C)[C@@H](C)C(=O)NC(C)C. The van der Waals surface area contributed by atoms with Gasteiger partial charge in [-0.1, -0.05) is 36.4 Å². The first-order valence-corrected chi connectivity index (χ1v) is 9.73. The third-order valence-corrected chi connectivity index (χ3v) is 4.62. The minimum absolute atomic E-state index is 0.00908. The van der Waals surface area contributed by atoms with Gasteiger partial charge in [-0.25, -0.2) is 0 Å². The zero-order valence-electron chi connectivity index (χ0n) is 17.8. The van der Waals surface area contributed by atoms with E-state index in [1.165, 1.54) is 0 Å². The number of ether oxygens (including phenoxy) is 2. The van der Waals surface area contributed by atoms with E-state index in [1.807, 2.05) is 57.2 Å². The van der Waals surface area contributed by atoms with Crippen molar-refractivity contribution in [3.63, 3.8) is 0 Å². The number of aryl methyl sites for hydroxylation is 1. The minimum atomic E-state index is -0.634. The number of benzene rings is 2. The Labute approximate surface area is 172 Å². The van der Waals surface area contributed by atoms with E-state index in [-0.39, 0.29) is 24.5 Å². The maximum absolute atomic E-state index is 13.0. The van der Waals surface area contributed by atoms with Crippen molar-refractivity contribution in [2.24, 2.45) is 0 Å². The third-order valence-electron chi connectivity index (χ3n) is 4.62. The number of carbonyl (C=O) groups is 2. The van der Waals surface area contributed by atoms with Crippen LogP contribution in [0.15, 0.2) is 48.5 Å². The van der Waals surface area contributed by atoms with Crippen LogP contribution in [0.4, 0.5) is 0 Å². The average molecular weight is 399 g/mol. The summed E-state index contributed by atoms with van der Waals surface area (Å²) in [5, 5.41) is 2.88. The van der Waals surface area contributed by atoms with Gasteiger partial charge in [0.15, 0.2) is 18.1 Å². The van der Waals surface area contributed by atoms with Crippen LogP contribution in [0.5, 0.6) is 11.5 Å². The van der Waals surface area contributed by atoms with E-state index in [2.05, 4.69) is 5.32 Å². The van der Waals surface area contributed by atoms with Crippen molar-refractivity contribution in [3.8, 4) is 11.5 Å². The fraction of sp³-hybridized carbons (Fsp3) is 0.391. The van der Waals surface area contributed by atoms with Crippen molar-refractivity contribution in [1.82, 2.24) is 10.2 Å². The molecule has 0 aromatic heterocycles. The topological polar surface area (TPSA) is 67.9 Å². The van der Waals surface area contributed by atoms with Gasteiger partial charge in [-0.05, 0) is 51.0 Å². The zero-order chi connectivity index (χ0) is 21.4. The van der Waals surface area contributed by atoms with Crippen molar-refractivity contribution in [1.29, 1.82) is 0 Å². The summed E-state index contributed by atoms with van der Waals surface area (Å²) < 4.78 is 11.0. The summed E-state index contributed by atoms with van der Waals surface area (Å²) in [6, 6.07) is 14.3. The van der Waals surface area contributed by atoms with Crippen LogP contribution in [0, 0.1) is 6.92 Å². The second kappa shape index (κ2) is 10.5. The summed E-state index contributed by atoms with van der Waals surface area (Å²) in [6.07, 6.45) is 0. The van der Waals surface area contributed by atoms with E-state index in [0.717, 1.165) is 11.1 Å². The predicted molar refractivity (Wildman–Crippen MR) is 113 cm³/mol. The second-order valence-corrected chi connectivity index (χ2v) is 7.23. The Kier molecular flexibility index (Phi) is 8.07. The number of amides is 2. The van der Waals surface area contributed by atoms with Gasteiger partial charge in [-0.3, -0.25) is 9.59 Å². The normalized spacial score (nSPS) is 11.7. The van der Waals surface area contributed by atoms with E-state index in [4.69, 9.17) is 9.47 Å². The van der Waals surface area contributed by atoms with E-state index in [1.54, 1.807) is 31.1 Å². The van der Waals surface area contributed by atoms with Crippen molar-refractivity contribution in [2.45, 2.75) is 46.3 Å². The van der Waals surface area contributed by atoms with E-state index < -0.39 is 6.04 Å². The van der Waals surface area contributed by atoms with E-state index in [0.29, 0.717) is 18.0 Å². The van der Waals surface area contributed by atoms with E-state index in [9.17, 15) is 9.59 Å². The Bertz CT molecular complexity index is 835. The van der Waals surface area contributed by atoms with Gasteiger partial charge in [0.1, 0.15) is 6.04 Å². The molecule has 0 aliphatic heterocycles. The molecule has 6 nitrogen and oxygen atoms in total. The third kappa shape index (κ3) is 6.24. The van der Waals surface area contributed by atoms with Gasteiger partial charge >= 0.3 is 0 Å². The molecule has 2 aromatic rings. The molecule has 6 heteroatoms. The number of nitrogens with zero attached hydrogens (tertiary/aromatic N) is 1. The number of rotatable bonds is 9. The highest BCUT2D eigenvalue weighted by molar-refractivity contribution is 5.88. The second-order valence-electron chi connectivity index (χ2n) is 7.23. The molecule has 0 unspecified atom stereocenters. The highest BCUT2D eigenvalue weighted by Gasteiger charge is 2.27. The summed E-state index contributed by atoms with van der Waals surface area (Å²) in [5.74, 6) is 0.569. The van der Waals surface area contributed by atoms with Gasteiger partial charge in [0.25, 0.3) is 5.91 Å². The molecule has 0 aliphatic rings. The van der Waals surface area contributed by atoms with Crippen LogP contribution < -0.4 is 14.8 Å². The lowest BCUT2D eigenvalue weighted by Crippen LogP contribution is -2.50. The molecule has 0 fully saturated rings. The lowest BCUT2D eigenvalue weighted by Gasteiger charge is -2.30. The highest BCUT2D eigenvalue weighted by atomic mass is 16.5. The number of nitrogens with one attached hydrogen (secondary N) is 1. The summed E-state index contributed by atoms with van der Waals surface area (Å²) >= 11 is 0. The van der Waals surface area contributed by atoms with Gasteiger partial charge in [-0.2, -0.15) is 0 Å². The summed E-state index contributed by atoms with van der Waals surface area (Å²) in [7, 11) is 1.55. The van der Waals surface area contributed by atoms with Crippen LogP contribution in [-0.4, -0.2) is 42.5 Å². The summed E-state index contributed by atoms with van der Waals surface area (Å²) in [6.45, 7) is 7.64. The van der Waals surface area contributed by atoms with Gasteiger partial charge in [-0.15, -0.1) is 0 Å². The maximum atomic E-state index is 13.0. The average Bonchev–Trinajstić information content (AvgIpc) is 2.70. The minimum Gasteiger partial charge on any atom is -0.493 e. The Morgan fingerprint density at radius 3 is 2.24 bits per heavy atom. The predicted octanol–water partition coefficient (Wildman–Crippen LogP) is 3.32. The Morgan fingerprint density at radius 2 is 1.62 bits per heavy atom. The first-order valence-electron chi connectivity index (χ1n) is 9.73. The van der Waals surface area contributed by atoms with Crippen LogP contribution >= 0.6 is 0 Å². The number of hydrogen-bond donors (Lipinski definition) is 1. The van der Waals surface area contributed by atoms with Gasteiger partial charge in [0, 0.05) is 12.6 Å². The van der Waals surface area contributed by atoms with Crippen molar-refractivity contribution in [2.75, 3.05) is 13.7 Å². The Balaban J connectivity index is 2.19. The molecule has 0 saturated carbocycles. The first kappa shape index (κ1) is 22.3. The Morgan fingerprint density at radius 1 is 1.00 bits per heavy atom. The maximum Gasteiger partial charge on any atom is 0.261 e. The molecule has 0 spiro atoms. The molecule has 1 atom stereocenters. The smallest absolute Gasteiger partial charge is 0.261 e. The van der Waals surface area contributed by atoms with Crippen LogP contribution in [0.25, 0.3) is 0 Å². The fourth-order valence-corrected chi connectivity index (χ4v) is 2.92. The molecule has 0 aliphatic carbocycles. The molecule has 2 amide bonds. The first-order chi connectivity index (χ1) is 13.8. The quantitative estimate of drug-likeness (QED) is 0.704. The van der Waals surface area contributed by atoms with Crippen LogP contribution in [0.2, 0.25) is 0 Å². The molecule has 2 rings (SSSR count). The molecule has 29 heavy (non-hydrogen) atoms. The monoisotopic (exact) mass is 398 g/mol. The van der Waals surface area contributed by atoms with Gasteiger partial charge < -0.3 is 19.7 Å². The summed E-state index contributed by atoms with van der Waals surface area (Å²) in [4.78, 5) is 27.2. The van der Waals surface area contributed by atoms with Crippen LogP contribution in [-0.2, 0) is 16.1 Å². The fourth-order valence-electron chi connectivity index (χ4n) is 2.92. The largest absolute Gasteiger partial charge is 0.493 e. The van der Waals surface area contributed by atoms with Crippen molar-refractivity contribution >= 4 is 11.8 Å². The Hall–Kier alpha value is -3.02. The molecular formula is C23H30N2O4. The standard InChI is InChI=1S/C23H30N2O4/c1-16(2)24-23(27)18(4)25(14-19-11-7-6-10-17(19)3)22(26)15-29-21-13-9-8-12-20(21)28-5/h6-13,16,18H,14-15H2,1-5H3,(H,24,27)/t18-/m0/s1.